The second-order valence-electron chi connectivity index (χ2n) is 5.33. The lowest BCUT2D eigenvalue weighted by Gasteiger charge is -2.38. The van der Waals surface area contributed by atoms with E-state index in [1.54, 1.807) is 7.05 Å². The minimum atomic E-state index is -0.149. The van der Waals surface area contributed by atoms with Gasteiger partial charge in [0.2, 0.25) is 5.91 Å². The molecule has 6 nitrogen and oxygen atoms in total. The van der Waals surface area contributed by atoms with E-state index < -0.39 is 0 Å². The van der Waals surface area contributed by atoms with E-state index in [1.807, 2.05) is 24.3 Å². The maximum Gasteiger partial charge on any atom is 0.238 e. The average Bonchev–Trinajstić information content (AvgIpc) is 2.54. The summed E-state index contributed by atoms with van der Waals surface area (Å²) in [5, 5.41) is 5.98. The van der Waals surface area contributed by atoms with E-state index in [1.165, 1.54) is 0 Å². The van der Waals surface area contributed by atoms with Crippen molar-refractivity contribution in [1.82, 2.24) is 15.5 Å². The fourth-order valence-electron chi connectivity index (χ4n) is 2.80. The smallest absolute Gasteiger partial charge is 0.238 e. The summed E-state index contributed by atoms with van der Waals surface area (Å²) < 4.78 is 11.7. The Morgan fingerprint density at radius 3 is 3.05 bits per heavy atom. The molecule has 2 atom stereocenters. The third kappa shape index (κ3) is 3.11. The second-order valence-corrected chi connectivity index (χ2v) is 5.33. The first kappa shape index (κ1) is 14.2. The van der Waals surface area contributed by atoms with Gasteiger partial charge in [-0.1, -0.05) is 12.1 Å². The third-order valence-electron chi connectivity index (χ3n) is 3.91. The normalized spacial score (nSPS) is 25.4. The molecular formula is C15H21N3O3. The number of ether oxygens (including phenoxy) is 2. The maximum atomic E-state index is 12.0. The fraction of sp³-hybridized carbons (Fsp3) is 0.533. The van der Waals surface area contributed by atoms with Gasteiger partial charge in [0.05, 0.1) is 0 Å². The zero-order chi connectivity index (χ0) is 14.7. The lowest BCUT2D eigenvalue weighted by Crippen LogP contribution is -2.59. The number of rotatable bonds is 3. The summed E-state index contributed by atoms with van der Waals surface area (Å²) in [5.74, 6) is 1.61. The molecule has 6 heteroatoms. The van der Waals surface area contributed by atoms with Gasteiger partial charge in [-0.25, -0.2) is 0 Å². The maximum absolute atomic E-state index is 12.0. The van der Waals surface area contributed by atoms with Crippen molar-refractivity contribution in [3.05, 3.63) is 24.3 Å². The molecule has 114 valence electrons. The summed E-state index contributed by atoms with van der Waals surface area (Å²) in [6.45, 7) is 3.59. The van der Waals surface area contributed by atoms with Crippen LogP contribution in [0, 0.1) is 0 Å². The summed E-state index contributed by atoms with van der Waals surface area (Å²) in [4.78, 5) is 14.1. The van der Waals surface area contributed by atoms with E-state index in [9.17, 15) is 4.79 Å². The summed E-state index contributed by atoms with van der Waals surface area (Å²) in [6, 6.07) is 7.53. The molecule has 2 aliphatic rings. The predicted octanol–water partition coefficient (Wildman–Crippen LogP) is -0.154. The molecule has 0 spiro atoms. The molecule has 0 saturated carbocycles. The molecule has 2 heterocycles. The van der Waals surface area contributed by atoms with E-state index >= 15 is 0 Å². The van der Waals surface area contributed by atoms with Crippen LogP contribution in [-0.2, 0) is 4.79 Å². The predicted molar refractivity (Wildman–Crippen MR) is 78.7 cm³/mol. The summed E-state index contributed by atoms with van der Waals surface area (Å²) in [6.07, 6.45) is -0.0508. The van der Waals surface area contributed by atoms with Gasteiger partial charge in [0.25, 0.3) is 0 Å². The summed E-state index contributed by atoms with van der Waals surface area (Å²) in [5.41, 5.74) is 0. The first-order chi connectivity index (χ1) is 10.3. The highest BCUT2D eigenvalue weighted by atomic mass is 16.6. The minimum absolute atomic E-state index is 0.0410. The SMILES string of the molecule is CNC(=O)C1CNCCN1CC1COc2ccccc2O1. The van der Waals surface area contributed by atoms with Crippen LogP contribution in [0.3, 0.4) is 0 Å². The molecule has 0 aromatic heterocycles. The van der Waals surface area contributed by atoms with Crippen LogP contribution in [0.5, 0.6) is 11.5 Å². The first-order valence-electron chi connectivity index (χ1n) is 7.33. The van der Waals surface area contributed by atoms with Crippen molar-refractivity contribution in [2.45, 2.75) is 12.1 Å². The third-order valence-corrected chi connectivity index (χ3v) is 3.91. The van der Waals surface area contributed by atoms with Gasteiger partial charge >= 0.3 is 0 Å². The molecule has 1 aromatic rings. The highest BCUT2D eigenvalue weighted by Gasteiger charge is 2.31. The molecule has 2 N–H and O–H groups in total. The number of nitrogens with zero attached hydrogens (tertiary/aromatic N) is 1. The van der Waals surface area contributed by atoms with E-state index in [-0.39, 0.29) is 18.1 Å². The van der Waals surface area contributed by atoms with Crippen molar-refractivity contribution < 1.29 is 14.3 Å². The highest BCUT2D eigenvalue weighted by Crippen LogP contribution is 2.31. The Morgan fingerprint density at radius 1 is 1.43 bits per heavy atom. The molecule has 0 aliphatic carbocycles. The van der Waals surface area contributed by atoms with Gasteiger partial charge in [-0.05, 0) is 12.1 Å². The van der Waals surface area contributed by atoms with Gasteiger partial charge in [0.1, 0.15) is 18.8 Å². The Hall–Kier alpha value is -1.79. The molecular weight excluding hydrogens is 270 g/mol. The highest BCUT2D eigenvalue weighted by molar-refractivity contribution is 5.81. The van der Waals surface area contributed by atoms with E-state index in [0.29, 0.717) is 19.7 Å². The lowest BCUT2D eigenvalue weighted by atomic mass is 10.1. The van der Waals surface area contributed by atoms with Crippen LogP contribution in [0.1, 0.15) is 0 Å². The largest absolute Gasteiger partial charge is 0.486 e. The topological polar surface area (TPSA) is 62.8 Å². The van der Waals surface area contributed by atoms with Crippen molar-refractivity contribution in [2.24, 2.45) is 0 Å². The molecule has 1 amide bonds. The number of piperazine rings is 1. The number of hydrogen-bond acceptors (Lipinski definition) is 5. The number of nitrogens with one attached hydrogen (secondary N) is 2. The molecule has 2 aliphatic heterocycles. The van der Waals surface area contributed by atoms with Gasteiger partial charge in [0.15, 0.2) is 11.5 Å². The average molecular weight is 291 g/mol. The van der Waals surface area contributed by atoms with Crippen LogP contribution in [0.15, 0.2) is 24.3 Å². The van der Waals surface area contributed by atoms with Crippen LogP contribution >= 0.6 is 0 Å². The Balaban J connectivity index is 1.64. The number of amides is 1. The van der Waals surface area contributed by atoms with Crippen LogP contribution < -0.4 is 20.1 Å². The van der Waals surface area contributed by atoms with Gasteiger partial charge in [-0.3, -0.25) is 9.69 Å². The Kier molecular flexibility index (Phi) is 4.26. The Morgan fingerprint density at radius 2 is 2.24 bits per heavy atom. The quantitative estimate of drug-likeness (QED) is 0.811. The summed E-state index contributed by atoms with van der Waals surface area (Å²) >= 11 is 0. The lowest BCUT2D eigenvalue weighted by molar-refractivity contribution is -0.127. The van der Waals surface area contributed by atoms with Gasteiger partial charge in [0, 0.05) is 33.2 Å². The van der Waals surface area contributed by atoms with Gasteiger partial charge in [-0.2, -0.15) is 0 Å². The molecule has 21 heavy (non-hydrogen) atoms. The fourth-order valence-corrected chi connectivity index (χ4v) is 2.80. The van der Waals surface area contributed by atoms with Crippen molar-refractivity contribution >= 4 is 5.91 Å². The number of carbonyl (C=O) groups is 1. The molecule has 1 aromatic carbocycles. The van der Waals surface area contributed by atoms with Crippen molar-refractivity contribution in [2.75, 3.05) is 39.8 Å². The van der Waals surface area contributed by atoms with Crippen LogP contribution in [0.25, 0.3) is 0 Å². The number of hydrogen-bond donors (Lipinski definition) is 2. The number of benzene rings is 1. The van der Waals surface area contributed by atoms with E-state index in [0.717, 1.165) is 24.6 Å². The molecule has 2 unspecified atom stereocenters. The van der Waals surface area contributed by atoms with Gasteiger partial charge < -0.3 is 20.1 Å². The zero-order valence-corrected chi connectivity index (χ0v) is 12.2. The van der Waals surface area contributed by atoms with Crippen LogP contribution in [0.4, 0.5) is 0 Å². The standard InChI is InChI=1S/C15H21N3O3/c1-16-15(19)12-8-17-6-7-18(12)9-11-10-20-13-4-2-3-5-14(13)21-11/h2-5,11-12,17H,6-10H2,1H3,(H,16,19). The number of para-hydroxylation sites is 2. The Labute approximate surface area is 124 Å². The van der Waals surface area contributed by atoms with E-state index in [2.05, 4.69) is 15.5 Å². The van der Waals surface area contributed by atoms with Gasteiger partial charge in [-0.15, -0.1) is 0 Å². The van der Waals surface area contributed by atoms with Crippen molar-refractivity contribution in [3.8, 4) is 11.5 Å². The zero-order valence-electron chi connectivity index (χ0n) is 12.2. The molecule has 0 radical (unpaired) electrons. The van der Waals surface area contributed by atoms with Crippen molar-refractivity contribution in [1.29, 1.82) is 0 Å². The second kappa shape index (κ2) is 6.32. The van der Waals surface area contributed by atoms with Crippen LogP contribution in [-0.4, -0.2) is 62.8 Å². The Bertz CT molecular complexity index is 509. The number of carbonyl (C=O) groups excluding carboxylic acids is 1. The van der Waals surface area contributed by atoms with Crippen LogP contribution in [0.2, 0.25) is 0 Å². The van der Waals surface area contributed by atoms with Crippen molar-refractivity contribution in [3.63, 3.8) is 0 Å². The number of fused-ring (bicyclic) bond motifs is 1. The monoisotopic (exact) mass is 291 g/mol. The molecule has 1 fully saturated rings. The van der Waals surface area contributed by atoms with E-state index in [4.69, 9.17) is 9.47 Å². The molecule has 3 rings (SSSR count). The number of likely N-dealkylation sites (N-methyl/N-ethyl adjacent to an activating group) is 1. The first-order valence-corrected chi connectivity index (χ1v) is 7.33. The summed E-state index contributed by atoms with van der Waals surface area (Å²) in [7, 11) is 1.67. The minimum Gasteiger partial charge on any atom is -0.486 e. The molecule has 0 bridgehead atoms. The molecule has 1 saturated heterocycles.